The summed E-state index contributed by atoms with van der Waals surface area (Å²) in [6.45, 7) is 1.72. The molecule has 7 nitrogen and oxygen atoms in total. The number of esters is 1. The van der Waals surface area contributed by atoms with Gasteiger partial charge in [0.15, 0.2) is 11.5 Å². The van der Waals surface area contributed by atoms with Crippen LogP contribution in [-0.2, 0) is 14.3 Å². The summed E-state index contributed by atoms with van der Waals surface area (Å²) < 4.78 is 21.0. The third-order valence-corrected chi connectivity index (χ3v) is 4.50. The Hall–Kier alpha value is -3.74. The van der Waals surface area contributed by atoms with Crippen molar-refractivity contribution in [2.45, 2.75) is 6.92 Å². The van der Waals surface area contributed by atoms with Crippen LogP contribution >= 0.6 is 0 Å². The molecule has 2 N–H and O–H groups in total. The van der Waals surface area contributed by atoms with Gasteiger partial charge in [0.2, 0.25) is 11.7 Å². The summed E-state index contributed by atoms with van der Waals surface area (Å²) in [5, 5.41) is 0. The molecule has 0 saturated heterocycles. The maximum atomic E-state index is 12.6. The van der Waals surface area contributed by atoms with Gasteiger partial charge < -0.3 is 24.7 Å². The quantitative estimate of drug-likeness (QED) is 0.407. The van der Waals surface area contributed by atoms with Crippen molar-refractivity contribution in [2.24, 2.45) is 5.73 Å². The first kappa shape index (κ1) is 22.5. The summed E-state index contributed by atoms with van der Waals surface area (Å²) >= 11 is 0. The summed E-state index contributed by atoms with van der Waals surface area (Å²) in [4.78, 5) is 25.0. The first-order chi connectivity index (χ1) is 14.4. The molecule has 0 aliphatic heterocycles. The molecule has 158 valence electrons. The number of ether oxygens (including phenoxy) is 4. The summed E-state index contributed by atoms with van der Waals surface area (Å²) in [5.74, 6) is -0.246. The lowest BCUT2D eigenvalue weighted by atomic mass is 9.93. The SMILES string of the molecule is COC(=O)C(=C/c1cc(OC)c(OC)c(OC)c1)/C(C(N)=O)=C(\C)c1ccccc1. The van der Waals surface area contributed by atoms with Crippen LogP contribution < -0.4 is 19.9 Å². The molecule has 1 amide bonds. The number of amides is 1. The van der Waals surface area contributed by atoms with Gasteiger partial charge in [0, 0.05) is 0 Å². The molecule has 0 heterocycles. The molecule has 0 bridgehead atoms. The lowest BCUT2D eigenvalue weighted by Crippen LogP contribution is -2.21. The van der Waals surface area contributed by atoms with Gasteiger partial charge in [-0.1, -0.05) is 30.3 Å². The zero-order valence-electron chi connectivity index (χ0n) is 17.6. The van der Waals surface area contributed by atoms with E-state index in [1.165, 1.54) is 34.5 Å². The van der Waals surface area contributed by atoms with Crippen molar-refractivity contribution in [3.05, 3.63) is 64.7 Å². The second kappa shape index (κ2) is 10.2. The predicted molar refractivity (Wildman–Crippen MR) is 114 cm³/mol. The fourth-order valence-corrected chi connectivity index (χ4v) is 3.05. The van der Waals surface area contributed by atoms with Gasteiger partial charge in [-0.2, -0.15) is 0 Å². The highest BCUT2D eigenvalue weighted by Crippen LogP contribution is 2.39. The molecule has 0 aliphatic carbocycles. The number of hydrogen-bond acceptors (Lipinski definition) is 6. The molecular formula is C23H25NO6. The van der Waals surface area contributed by atoms with Gasteiger partial charge in [-0.3, -0.25) is 4.79 Å². The molecule has 0 saturated carbocycles. The van der Waals surface area contributed by atoms with Gasteiger partial charge in [-0.15, -0.1) is 0 Å². The van der Waals surface area contributed by atoms with E-state index in [-0.39, 0.29) is 11.1 Å². The van der Waals surface area contributed by atoms with Gasteiger partial charge in [0.05, 0.1) is 39.6 Å². The van der Waals surface area contributed by atoms with E-state index in [0.717, 1.165) is 5.56 Å². The highest BCUT2D eigenvalue weighted by Gasteiger charge is 2.24. The molecular weight excluding hydrogens is 386 g/mol. The number of primary amides is 1. The van der Waals surface area contributed by atoms with Crippen LogP contribution in [0.25, 0.3) is 11.6 Å². The summed E-state index contributed by atoms with van der Waals surface area (Å²) in [5.41, 5.74) is 7.57. The van der Waals surface area contributed by atoms with E-state index in [1.54, 1.807) is 19.1 Å². The second-order valence-corrected chi connectivity index (χ2v) is 6.24. The predicted octanol–water partition coefficient (Wildman–Crippen LogP) is 3.23. The Balaban J connectivity index is 2.77. The molecule has 0 radical (unpaired) electrons. The zero-order valence-corrected chi connectivity index (χ0v) is 17.6. The van der Waals surface area contributed by atoms with E-state index in [4.69, 9.17) is 24.7 Å². The van der Waals surface area contributed by atoms with Crippen LogP contribution in [0, 0.1) is 0 Å². The average molecular weight is 411 g/mol. The van der Waals surface area contributed by atoms with Crippen LogP contribution in [0.15, 0.2) is 53.6 Å². The number of carbonyl (C=O) groups excluding carboxylic acids is 2. The molecule has 0 fully saturated rings. The minimum absolute atomic E-state index is 0.0145. The number of allylic oxidation sites excluding steroid dienone is 1. The molecule has 0 unspecified atom stereocenters. The summed E-state index contributed by atoms with van der Waals surface area (Å²) in [6.07, 6.45) is 1.50. The highest BCUT2D eigenvalue weighted by molar-refractivity contribution is 6.15. The van der Waals surface area contributed by atoms with Crippen molar-refractivity contribution in [2.75, 3.05) is 28.4 Å². The van der Waals surface area contributed by atoms with Crippen molar-refractivity contribution in [1.82, 2.24) is 0 Å². The van der Waals surface area contributed by atoms with Crippen molar-refractivity contribution < 1.29 is 28.5 Å². The largest absolute Gasteiger partial charge is 0.493 e. The number of methoxy groups -OCH3 is 4. The lowest BCUT2D eigenvalue weighted by molar-refractivity contribution is -0.136. The Morgan fingerprint density at radius 1 is 0.900 bits per heavy atom. The van der Waals surface area contributed by atoms with Crippen LogP contribution in [0.4, 0.5) is 0 Å². The third kappa shape index (κ3) is 4.81. The maximum absolute atomic E-state index is 12.6. The summed E-state index contributed by atoms with van der Waals surface area (Å²) in [6, 6.07) is 12.5. The Morgan fingerprint density at radius 2 is 1.47 bits per heavy atom. The highest BCUT2D eigenvalue weighted by atomic mass is 16.5. The Bertz CT molecular complexity index is 967. The molecule has 2 aromatic carbocycles. The molecule has 2 aromatic rings. The lowest BCUT2D eigenvalue weighted by Gasteiger charge is -2.15. The number of carbonyl (C=O) groups is 2. The van der Waals surface area contributed by atoms with E-state index in [9.17, 15) is 9.59 Å². The molecule has 30 heavy (non-hydrogen) atoms. The van der Waals surface area contributed by atoms with Crippen molar-refractivity contribution >= 4 is 23.5 Å². The topological polar surface area (TPSA) is 97.1 Å². The summed E-state index contributed by atoms with van der Waals surface area (Å²) in [7, 11) is 5.70. The van der Waals surface area contributed by atoms with Crippen molar-refractivity contribution in [3.63, 3.8) is 0 Å². The van der Waals surface area contributed by atoms with Crippen LogP contribution in [0.2, 0.25) is 0 Å². The minimum atomic E-state index is -0.750. The van der Waals surface area contributed by atoms with Crippen molar-refractivity contribution in [1.29, 1.82) is 0 Å². The van der Waals surface area contributed by atoms with Crippen LogP contribution in [0.5, 0.6) is 17.2 Å². The number of hydrogen-bond donors (Lipinski definition) is 1. The molecule has 2 rings (SSSR count). The molecule has 7 heteroatoms. The average Bonchev–Trinajstić information content (AvgIpc) is 2.77. The van der Waals surface area contributed by atoms with Crippen molar-refractivity contribution in [3.8, 4) is 17.2 Å². The van der Waals surface area contributed by atoms with Gasteiger partial charge in [0.25, 0.3) is 0 Å². The van der Waals surface area contributed by atoms with Gasteiger partial charge in [0.1, 0.15) is 0 Å². The third-order valence-electron chi connectivity index (χ3n) is 4.50. The second-order valence-electron chi connectivity index (χ2n) is 6.24. The van der Waals surface area contributed by atoms with E-state index in [1.807, 2.05) is 30.3 Å². The van der Waals surface area contributed by atoms with Crippen LogP contribution in [-0.4, -0.2) is 40.3 Å². The molecule has 0 aromatic heterocycles. The van der Waals surface area contributed by atoms with Crippen LogP contribution in [0.1, 0.15) is 18.1 Å². The number of rotatable bonds is 8. The van der Waals surface area contributed by atoms with Crippen LogP contribution in [0.3, 0.4) is 0 Å². The standard InChI is InChI=1S/C23H25NO6/c1-14(16-9-7-6-8-10-16)20(22(24)25)17(23(26)30-5)11-15-12-18(27-2)21(29-4)19(13-15)28-3/h6-13H,1-5H3,(H2,24,25)/b17-11+,20-14-. The molecule has 0 atom stereocenters. The number of benzene rings is 2. The first-order valence-corrected chi connectivity index (χ1v) is 9.04. The zero-order chi connectivity index (χ0) is 22.3. The fourth-order valence-electron chi connectivity index (χ4n) is 3.05. The van der Waals surface area contributed by atoms with E-state index in [0.29, 0.717) is 28.4 Å². The van der Waals surface area contributed by atoms with Gasteiger partial charge in [-0.25, -0.2) is 4.79 Å². The fraction of sp³-hybridized carbons (Fsp3) is 0.217. The normalized spacial score (nSPS) is 12.0. The Morgan fingerprint density at radius 3 is 1.90 bits per heavy atom. The minimum Gasteiger partial charge on any atom is -0.493 e. The smallest absolute Gasteiger partial charge is 0.338 e. The molecule has 0 spiro atoms. The monoisotopic (exact) mass is 411 g/mol. The first-order valence-electron chi connectivity index (χ1n) is 9.04. The van der Waals surface area contributed by atoms with Gasteiger partial charge >= 0.3 is 5.97 Å². The Kier molecular flexibility index (Phi) is 7.63. The Labute approximate surface area is 175 Å². The molecule has 0 aliphatic rings. The number of nitrogens with two attached hydrogens (primary N) is 1. The maximum Gasteiger partial charge on any atom is 0.338 e. The van der Waals surface area contributed by atoms with Gasteiger partial charge in [-0.05, 0) is 41.8 Å². The van der Waals surface area contributed by atoms with E-state index in [2.05, 4.69) is 0 Å². The van der Waals surface area contributed by atoms with E-state index >= 15 is 0 Å². The van der Waals surface area contributed by atoms with E-state index < -0.39 is 11.9 Å².